The van der Waals surface area contributed by atoms with E-state index in [1.807, 2.05) is 4.90 Å². The van der Waals surface area contributed by atoms with E-state index in [-0.39, 0.29) is 35.2 Å². The number of nitrogens with zero attached hydrogens (tertiary/aromatic N) is 3. The van der Waals surface area contributed by atoms with Crippen LogP contribution in [0.3, 0.4) is 0 Å². The average Bonchev–Trinajstić information content (AvgIpc) is 3.44. The van der Waals surface area contributed by atoms with Gasteiger partial charge in [0.15, 0.2) is 0 Å². The molecule has 1 saturated heterocycles. The lowest BCUT2D eigenvalue weighted by atomic mass is 9.84. The van der Waals surface area contributed by atoms with Crippen LogP contribution >= 0.6 is 11.6 Å². The monoisotopic (exact) mass is 481 g/mol. The van der Waals surface area contributed by atoms with Crippen LogP contribution in [0, 0.1) is 5.92 Å². The zero-order valence-corrected chi connectivity index (χ0v) is 19.2. The summed E-state index contributed by atoms with van der Waals surface area (Å²) in [6, 6.07) is 5.04. The second-order valence-electron chi connectivity index (χ2n) is 8.68. The maximum absolute atomic E-state index is 13.2. The van der Waals surface area contributed by atoms with Gasteiger partial charge < -0.3 is 20.0 Å². The van der Waals surface area contributed by atoms with Crippen molar-refractivity contribution in [1.29, 1.82) is 0 Å². The minimum atomic E-state index is -0.544. The molecular formula is C24H24ClN5O4. The van der Waals surface area contributed by atoms with E-state index in [1.54, 1.807) is 30.6 Å². The van der Waals surface area contributed by atoms with Crippen molar-refractivity contribution in [3.8, 4) is 0 Å². The standard InChI is InChI=1S/C24H24ClN5O4/c25-15-5-8-19(27-12-15)28-24(33)22-21(17-13-26-10-9-18(17)34-22)29-23(32)14-3-6-16(7-4-14)30-11-1-2-20(30)31/h5,8-10,12-14,16H,1-4,6-7,11H2,(H,29,32)(H,27,28,33)/t14-,16-. The first-order chi connectivity index (χ1) is 16.5. The van der Waals surface area contributed by atoms with Crippen molar-refractivity contribution in [2.24, 2.45) is 5.92 Å². The van der Waals surface area contributed by atoms with E-state index >= 15 is 0 Å². The van der Waals surface area contributed by atoms with Gasteiger partial charge in [-0.25, -0.2) is 4.98 Å². The fourth-order valence-corrected chi connectivity index (χ4v) is 4.89. The normalized spacial score (nSPS) is 20.5. The number of halogens is 1. The van der Waals surface area contributed by atoms with Crippen LogP contribution in [0.4, 0.5) is 11.5 Å². The number of anilines is 2. The molecule has 3 amide bonds. The van der Waals surface area contributed by atoms with Gasteiger partial charge in [0.2, 0.25) is 17.6 Å². The molecule has 10 heteroatoms. The maximum Gasteiger partial charge on any atom is 0.294 e. The van der Waals surface area contributed by atoms with Gasteiger partial charge in [0, 0.05) is 43.5 Å². The molecule has 176 valence electrons. The van der Waals surface area contributed by atoms with Crippen molar-refractivity contribution >= 4 is 51.8 Å². The molecule has 0 unspecified atom stereocenters. The molecule has 0 aromatic carbocycles. The molecule has 2 aliphatic rings. The lowest BCUT2D eigenvalue weighted by Gasteiger charge is -2.34. The molecule has 1 aliphatic carbocycles. The first-order valence-corrected chi connectivity index (χ1v) is 11.8. The Morgan fingerprint density at radius 3 is 2.62 bits per heavy atom. The highest BCUT2D eigenvalue weighted by Crippen LogP contribution is 2.34. The number of nitrogens with one attached hydrogen (secondary N) is 2. The van der Waals surface area contributed by atoms with E-state index in [1.165, 1.54) is 6.20 Å². The zero-order chi connectivity index (χ0) is 23.7. The van der Waals surface area contributed by atoms with Gasteiger partial charge in [-0.05, 0) is 50.3 Å². The molecule has 1 saturated carbocycles. The van der Waals surface area contributed by atoms with Crippen molar-refractivity contribution in [1.82, 2.24) is 14.9 Å². The molecule has 1 aliphatic heterocycles. The van der Waals surface area contributed by atoms with Crippen molar-refractivity contribution in [2.45, 2.75) is 44.6 Å². The van der Waals surface area contributed by atoms with Crippen LogP contribution < -0.4 is 10.6 Å². The van der Waals surface area contributed by atoms with Gasteiger partial charge in [0.1, 0.15) is 17.1 Å². The van der Waals surface area contributed by atoms with Crippen LogP contribution in [0.2, 0.25) is 5.02 Å². The van der Waals surface area contributed by atoms with Crippen LogP contribution in [0.1, 0.15) is 49.1 Å². The Bertz CT molecular complexity index is 1230. The molecule has 4 heterocycles. The van der Waals surface area contributed by atoms with Crippen LogP contribution in [-0.2, 0) is 9.59 Å². The molecule has 0 atom stereocenters. The predicted octanol–water partition coefficient (Wildman–Crippen LogP) is 4.25. The SMILES string of the molecule is O=C(Nc1ccc(Cl)cn1)c1oc2ccncc2c1NC(=O)[C@H]1CC[C@H](N2CCCC2=O)CC1. The molecule has 0 spiro atoms. The number of fused-ring (bicyclic) bond motifs is 1. The Labute approximate surface area is 200 Å². The van der Waals surface area contributed by atoms with E-state index in [2.05, 4.69) is 20.6 Å². The van der Waals surface area contributed by atoms with Gasteiger partial charge in [0.05, 0.1) is 10.4 Å². The minimum absolute atomic E-state index is 0.0237. The van der Waals surface area contributed by atoms with Crippen LogP contribution in [0.15, 0.2) is 41.2 Å². The molecule has 0 bridgehead atoms. The van der Waals surface area contributed by atoms with Crippen LogP contribution in [0.5, 0.6) is 0 Å². The number of amides is 3. The number of carbonyl (C=O) groups is 3. The second kappa shape index (κ2) is 9.42. The smallest absolute Gasteiger partial charge is 0.294 e. The van der Waals surface area contributed by atoms with Gasteiger partial charge >= 0.3 is 0 Å². The summed E-state index contributed by atoms with van der Waals surface area (Å²) in [7, 11) is 0. The van der Waals surface area contributed by atoms with Crippen molar-refractivity contribution in [3.63, 3.8) is 0 Å². The molecule has 9 nitrogen and oxygen atoms in total. The van der Waals surface area contributed by atoms with Gasteiger partial charge in [0.25, 0.3) is 5.91 Å². The number of hydrogen-bond donors (Lipinski definition) is 2. The number of furan rings is 1. The number of likely N-dealkylation sites (tertiary alicyclic amines) is 1. The first-order valence-electron chi connectivity index (χ1n) is 11.4. The summed E-state index contributed by atoms with van der Waals surface area (Å²) in [5.41, 5.74) is 0.729. The third kappa shape index (κ3) is 4.48. The lowest BCUT2D eigenvalue weighted by Crippen LogP contribution is -2.40. The summed E-state index contributed by atoms with van der Waals surface area (Å²) in [6.07, 6.45) is 9.04. The fourth-order valence-electron chi connectivity index (χ4n) is 4.78. The van der Waals surface area contributed by atoms with E-state index in [0.717, 1.165) is 25.8 Å². The van der Waals surface area contributed by atoms with Gasteiger partial charge in [-0.3, -0.25) is 19.4 Å². The number of carbonyl (C=O) groups excluding carboxylic acids is 3. The van der Waals surface area contributed by atoms with E-state index in [4.69, 9.17) is 16.0 Å². The van der Waals surface area contributed by atoms with E-state index in [9.17, 15) is 14.4 Å². The van der Waals surface area contributed by atoms with Gasteiger partial charge in [-0.1, -0.05) is 11.6 Å². The third-order valence-electron chi connectivity index (χ3n) is 6.53. The van der Waals surface area contributed by atoms with Crippen LogP contribution in [0.25, 0.3) is 11.0 Å². The fraction of sp³-hybridized carbons (Fsp3) is 0.375. The summed E-state index contributed by atoms with van der Waals surface area (Å²) >= 11 is 5.86. The number of aromatic nitrogens is 2. The predicted molar refractivity (Wildman–Crippen MR) is 127 cm³/mol. The molecule has 2 N–H and O–H groups in total. The molecule has 3 aromatic rings. The lowest BCUT2D eigenvalue weighted by molar-refractivity contribution is -0.130. The Hall–Kier alpha value is -3.46. The Kier molecular flexibility index (Phi) is 6.19. The van der Waals surface area contributed by atoms with Crippen LogP contribution in [-0.4, -0.2) is 45.2 Å². The highest BCUT2D eigenvalue weighted by molar-refractivity contribution is 6.30. The Morgan fingerprint density at radius 2 is 1.91 bits per heavy atom. The second-order valence-corrected chi connectivity index (χ2v) is 9.12. The summed E-state index contributed by atoms with van der Waals surface area (Å²) in [4.78, 5) is 48.4. The highest BCUT2D eigenvalue weighted by Gasteiger charge is 2.34. The minimum Gasteiger partial charge on any atom is -0.448 e. The molecular weight excluding hydrogens is 458 g/mol. The number of rotatable bonds is 5. The van der Waals surface area contributed by atoms with Gasteiger partial charge in [-0.2, -0.15) is 0 Å². The summed E-state index contributed by atoms with van der Waals surface area (Å²) in [5, 5.41) is 6.58. The molecule has 2 fully saturated rings. The van der Waals surface area contributed by atoms with Crippen molar-refractivity contribution < 1.29 is 18.8 Å². The summed E-state index contributed by atoms with van der Waals surface area (Å²) in [6.45, 7) is 0.815. The number of hydrogen-bond acceptors (Lipinski definition) is 6. The van der Waals surface area contributed by atoms with Gasteiger partial charge in [-0.15, -0.1) is 0 Å². The third-order valence-corrected chi connectivity index (χ3v) is 6.75. The number of pyridine rings is 2. The Balaban J connectivity index is 1.32. The topological polar surface area (TPSA) is 117 Å². The molecule has 3 aromatic heterocycles. The average molecular weight is 482 g/mol. The quantitative estimate of drug-likeness (QED) is 0.562. The van der Waals surface area contributed by atoms with E-state index < -0.39 is 5.91 Å². The van der Waals surface area contributed by atoms with Crippen molar-refractivity contribution in [3.05, 3.63) is 47.6 Å². The molecule has 0 radical (unpaired) electrons. The Morgan fingerprint density at radius 1 is 1.09 bits per heavy atom. The first kappa shape index (κ1) is 22.3. The summed E-state index contributed by atoms with van der Waals surface area (Å²) < 4.78 is 5.78. The molecule has 5 rings (SSSR count). The van der Waals surface area contributed by atoms with E-state index in [0.29, 0.717) is 41.1 Å². The maximum atomic E-state index is 13.2. The largest absolute Gasteiger partial charge is 0.448 e. The zero-order valence-electron chi connectivity index (χ0n) is 18.4. The molecule has 34 heavy (non-hydrogen) atoms. The van der Waals surface area contributed by atoms with Crippen molar-refractivity contribution in [2.75, 3.05) is 17.2 Å². The highest BCUT2D eigenvalue weighted by atomic mass is 35.5. The summed E-state index contributed by atoms with van der Waals surface area (Å²) in [5.74, 6) is -0.418.